The van der Waals surface area contributed by atoms with E-state index in [0.29, 0.717) is 28.9 Å². The minimum Gasteiger partial charge on any atom is -0.489 e. The van der Waals surface area contributed by atoms with Gasteiger partial charge in [0.15, 0.2) is 0 Å². The number of aliphatic carboxylic acids is 1. The quantitative estimate of drug-likeness (QED) is 0.806. The molecule has 0 atom stereocenters. The third kappa shape index (κ3) is 5.22. The lowest BCUT2D eigenvalue weighted by Gasteiger charge is -2.12. The van der Waals surface area contributed by atoms with E-state index in [1.807, 2.05) is 18.2 Å². The van der Waals surface area contributed by atoms with Crippen molar-refractivity contribution in [3.8, 4) is 5.75 Å². The molecule has 2 aromatic carbocycles. The fraction of sp³-hybridized carbons (Fsp3) is 0.188. The summed E-state index contributed by atoms with van der Waals surface area (Å²) in [6, 6.07) is 12.7. The van der Waals surface area contributed by atoms with E-state index in [1.54, 1.807) is 24.3 Å². The van der Waals surface area contributed by atoms with E-state index in [-0.39, 0.29) is 6.54 Å². The second-order valence-electron chi connectivity index (χ2n) is 4.67. The molecule has 0 saturated heterocycles. The molecule has 0 aliphatic rings. The van der Waals surface area contributed by atoms with Crippen LogP contribution in [0.25, 0.3) is 0 Å². The number of carboxylic acid groups (broad SMARTS) is 1. The van der Waals surface area contributed by atoms with Gasteiger partial charge in [0.05, 0.1) is 6.54 Å². The van der Waals surface area contributed by atoms with Gasteiger partial charge in [-0.1, -0.05) is 35.3 Å². The average Bonchev–Trinajstić information content (AvgIpc) is 2.46. The molecule has 4 nitrogen and oxygen atoms in total. The second kappa shape index (κ2) is 8.03. The van der Waals surface area contributed by atoms with Gasteiger partial charge in [-0.2, -0.15) is 0 Å². The molecule has 0 aliphatic carbocycles. The summed E-state index contributed by atoms with van der Waals surface area (Å²) in [6.45, 7) is 0.603. The van der Waals surface area contributed by atoms with Crippen molar-refractivity contribution in [1.82, 2.24) is 5.32 Å². The molecular formula is C16H15Cl2NO3. The predicted molar refractivity (Wildman–Crippen MR) is 86.6 cm³/mol. The van der Waals surface area contributed by atoms with Gasteiger partial charge in [0.2, 0.25) is 0 Å². The van der Waals surface area contributed by atoms with E-state index in [4.69, 9.17) is 33.0 Å². The molecule has 6 heteroatoms. The van der Waals surface area contributed by atoms with Gasteiger partial charge in [0, 0.05) is 22.2 Å². The van der Waals surface area contributed by atoms with Gasteiger partial charge in [-0.3, -0.25) is 4.79 Å². The molecule has 22 heavy (non-hydrogen) atoms. The fourth-order valence-electron chi connectivity index (χ4n) is 1.92. The third-order valence-electron chi connectivity index (χ3n) is 2.90. The Bertz CT molecular complexity index is 662. The maximum absolute atomic E-state index is 10.6. The highest BCUT2D eigenvalue weighted by Crippen LogP contribution is 2.24. The molecule has 0 radical (unpaired) electrons. The van der Waals surface area contributed by atoms with Gasteiger partial charge in [-0.05, 0) is 35.9 Å². The number of carboxylic acids is 1. The van der Waals surface area contributed by atoms with Crippen LogP contribution in [-0.2, 0) is 17.9 Å². The zero-order valence-corrected chi connectivity index (χ0v) is 13.2. The maximum atomic E-state index is 10.6. The van der Waals surface area contributed by atoms with E-state index in [0.717, 1.165) is 11.1 Å². The summed E-state index contributed by atoms with van der Waals surface area (Å²) in [5.41, 5.74) is 1.75. The smallest absolute Gasteiger partial charge is 0.317 e. The molecule has 2 aromatic rings. The SMILES string of the molecule is O=C(O)CNCc1cc(Cl)ccc1OCc1cccc(Cl)c1. The lowest BCUT2D eigenvalue weighted by atomic mass is 10.2. The van der Waals surface area contributed by atoms with Crippen LogP contribution in [0.4, 0.5) is 0 Å². The van der Waals surface area contributed by atoms with Crippen LogP contribution in [0.1, 0.15) is 11.1 Å². The first-order valence-corrected chi connectivity index (χ1v) is 7.38. The van der Waals surface area contributed by atoms with Crippen molar-refractivity contribution in [1.29, 1.82) is 0 Å². The first-order valence-electron chi connectivity index (χ1n) is 6.63. The van der Waals surface area contributed by atoms with Crippen LogP contribution >= 0.6 is 23.2 Å². The monoisotopic (exact) mass is 339 g/mol. The van der Waals surface area contributed by atoms with Crippen LogP contribution in [0.15, 0.2) is 42.5 Å². The van der Waals surface area contributed by atoms with E-state index < -0.39 is 5.97 Å². The van der Waals surface area contributed by atoms with Crippen molar-refractivity contribution >= 4 is 29.2 Å². The molecule has 0 saturated carbocycles. The molecule has 116 valence electrons. The van der Waals surface area contributed by atoms with E-state index in [9.17, 15) is 4.79 Å². The number of ether oxygens (including phenoxy) is 1. The van der Waals surface area contributed by atoms with Crippen LogP contribution in [0.2, 0.25) is 10.0 Å². The Morgan fingerprint density at radius 1 is 1.14 bits per heavy atom. The number of hydrogen-bond donors (Lipinski definition) is 2. The highest BCUT2D eigenvalue weighted by Gasteiger charge is 2.06. The molecule has 0 aromatic heterocycles. The zero-order chi connectivity index (χ0) is 15.9. The number of rotatable bonds is 7. The van der Waals surface area contributed by atoms with Gasteiger partial charge in [0.1, 0.15) is 12.4 Å². The molecule has 2 N–H and O–H groups in total. The van der Waals surface area contributed by atoms with Crippen molar-refractivity contribution in [2.75, 3.05) is 6.54 Å². The lowest BCUT2D eigenvalue weighted by molar-refractivity contribution is -0.136. The largest absolute Gasteiger partial charge is 0.489 e. The number of nitrogens with one attached hydrogen (secondary N) is 1. The van der Waals surface area contributed by atoms with Gasteiger partial charge >= 0.3 is 5.97 Å². The molecule has 2 rings (SSSR count). The van der Waals surface area contributed by atoms with Crippen LogP contribution in [-0.4, -0.2) is 17.6 Å². The van der Waals surface area contributed by atoms with Crippen molar-refractivity contribution < 1.29 is 14.6 Å². The summed E-state index contributed by atoms with van der Waals surface area (Å²) in [5, 5.41) is 12.7. The van der Waals surface area contributed by atoms with Gasteiger partial charge in [-0.25, -0.2) is 0 Å². The summed E-state index contributed by atoms with van der Waals surface area (Å²) in [5.74, 6) is -0.259. The zero-order valence-electron chi connectivity index (χ0n) is 11.7. The Morgan fingerprint density at radius 3 is 2.64 bits per heavy atom. The average molecular weight is 340 g/mol. The maximum Gasteiger partial charge on any atom is 0.317 e. The Balaban J connectivity index is 2.04. The minimum absolute atomic E-state index is 0.125. The second-order valence-corrected chi connectivity index (χ2v) is 5.54. The summed E-state index contributed by atoms with van der Waals surface area (Å²) < 4.78 is 5.79. The van der Waals surface area contributed by atoms with Crippen LogP contribution in [0.5, 0.6) is 5.75 Å². The van der Waals surface area contributed by atoms with Crippen LogP contribution in [0.3, 0.4) is 0 Å². The molecule has 0 unspecified atom stereocenters. The molecule has 0 spiro atoms. The topological polar surface area (TPSA) is 58.6 Å². The van der Waals surface area contributed by atoms with E-state index in [1.165, 1.54) is 0 Å². The van der Waals surface area contributed by atoms with Crippen molar-refractivity contribution in [3.63, 3.8) is 0 Å². The number of carbonyl (C=O) groups is 1. The molecule has 0 heterocycles. The molecule has 0 aliphatic heterocycles. The van der Waals surface area contributed by atoms with Gasteiger partial charge in [-0.15, -0.1) is 0 Å². The van der Waals surface area contributed by atoms with Gasteiger partial charge < -0.3 is 15.2 Å². The van der Waals surface area contributed by atoms with E-state index >= 15 is 0 Å². The van der Waals surface area contributed by atoms with Crippen LogP contribution in [0, 0.1) is 0 Å². The van der Waals surface area contributed by atoms with Crippen LogP contribution < -0.4 is 10.1 Å². The normalized spacial score (nSPS) is 10.5. The first-order chi connectivity index (χ1) is 10.5. The minimum atomic E-state index is -0.913. The van der Waals surface area contributed by atoms with Crippen molar-refractivity contribution in [2.45, 2.75) is 13.2 Å². The molecular weight excluding hydrogens is 325 g/mol. The van der Waals surface area contributed by atoms with Crippen molar-refractivity contribution in [3.05, 3.63) is 63.6 Å². The third-order valence-corrected chi connectivity index (χ3v) is 3.37. The molecule has 0 bridgehead atoms. The Morgan fingerprint density at radius 2 is 1.91 bits per heavy atom. The Labute approximate surface area is 138 Å². The summed E-state index contributed by atoms with van der Waals surface area (Å²) in [6.07, 6.45) is 0. The summed E-state index contributed by atoms with van der Waals surface area (Å²) >= 11 is 11.9. The Hall–Kier alpha value is -1.75. The predicted octanol–water partition coefficient (Wildman–Crippen LogP) is 3.75. The highest BCUT2D eigenvalue weighted by molar-refractivity contribution is 6.30. The fourth-order valence-corrected chi connectivity index (χ4v) is 2.33. The standard InChI is InChI=1S/C16H15Cl2NO3/c17-13-3-1-2-11(6-13)10-22-15-5-4-14(18)7-12(15)8-19-9-16(20)21/h1-7,19H,8-10H2,(H,20,21). The number of halogens is 2. The van der Waals surface area contributed by atoms with Gasteiger partial charge in [0.25, 0.3) is 0 Å². The van der Waals surface area contributed by atoms with E-state index in [2.05, 4.69) is 5.32 Å². The molecule has 0 fully saturated rings. The first kappa shape index (κ1) is 16.6. The van der Waals surface area contributed by atoms with Crippen molar-refractivity contribution in [2.24, 2.45) is 0 Å². The summed E-state index contributed by atoms with van der Waals surface area (Å²) in [7, 11) is 0. The number of benzene rings is 2. The highest BCUT2D eigenvalue weighted by atomic mass is 35.5. The molecule has 0 amide bonds. The summed E-state index contributed by atoms with van der Waals surface area (Å²) in [4.78, 5) is 10.6. The lowest BCUT2D eigenvalue weighted by Crippen LogP contribution is -2.22. The Kier molecular flexibility index (Phi) is 6.07. The number of hydrogen-bond acceptors (Lipinski definition) is 3.